The van der Waals surface area contributed by atoms with E-state index in [-0.39, 0.29) is 0 Å². The van der Waals surface area contributed by atoms with Crippen molar-refractivity contribution in [3.8, 4) is 0 Å². The third-order valence-electron chi connectivity index (χ3n) is 4.85. The predicted octanol–water partition coefficient (Wildman–Crippen LogP) is 2.89. The summed E-state index contributed by atoms with van der Waals surface area (Å²) in [6.07, 6.45) is 7.19. The highest BCUT2D eigenvalue weighted by Gasteiger charge is 2.29. The van der Waals surface area contributed by atoms with E-state index in [1.807, 2.05) is 0 Å². The highest BCUT2D eigenvalue weighted by Crippen LogP contribution is 2.30. The van der Waals surface area contributed by atoms with Gasteiger partial charge in [0.15, 0.2) is 0 Å². The van der Waals surface area contributed by atoms with Crippen molar-refractivity contribution < 1.29 is 0 Å². The van der Waals surface area contributed by atoms with Gasteiger partial charge in [-0.1, -0.05) is 40.0 Å². The highest BCUT2D eigenvalue weighted by atomic mass is 15.2. The van der Waals surface area contributed by atoms with E-state index in [1.54, 1.807) is 0 Å². The SMILES string of the molecule is CCC1CN(CCC2CCC2)C(C(C)C)CN1. The monoisotopic (exact) mass is 238 g/mol. The Morgan fingerprint density at radius 1 is 1.29 bits per heavy atom. The van der Waals surface area contributed by atoms with E-state index in [0.29, 0.717) is 0 Å². The van der Waals surface area contributed by atoms with Crippen LogP contribution in [0.5, 0.6) is 0 Å². The summed E-state index contributed by atoms with van der Waals surface area (Å²) in [5, 5.41) is 3.70. The van der Waals surface area contributed by atoms with E-state index in [1.165, 1.54) is 51.7 Å². The normalized spacial score (nSPS) is 31.8. The Kier molecular flexibility index (Phi) is 4.87. The van der Waals surface area contributed by atoms with Gasteiger partial charge in [0.1, 0.15) is 0 Å². The molecule has 0 aromatic carbocycles. The van der Waals surface area contributed by atoms with Crippen molar-refractivity contribution in [2.75, 3.05) is 19.6 Å². The van der Waals surface area contributed by atoms with Crippen molar-refractivity contribution in [3.05, 3.63) is 0 Å². The lowest BCUT2D eigenvalue weighted by molar-refractivity contribution is 0.0848. The Labute approximate surface area is 107 Å². The number of nitrogens with zero attached hydrogens (tertiary/aromatic N) is 1. The van der Waals surface area contributed by atoms with Crippen LogP contribution in [-0.2, 0) is 0 Å². The fraction of sp³-hybridized carbons (Fsp3) is 1.00. The minimum atomic E-state index is 0.728. The van der Waals surface area contributed by atoms with Crippen LogP contribution in [0, 0.1) is 11.8 Å². The van der Waals surface area contributed by atoms with Gasteiger partial charge in [-0.15, -0.1) is 0 Å². The summed E-state index contributed by atoms with van der Waals surface area (Å²) in [5.41, 5.74) is 0. The van der Waals surface area contributed by atoms with Crippen LogP contribution in [0.3, 0.4) is 0 Å². The maximum absolute atomic E-state index is 3.70. The van der Waals surface area contributed by atoms with Crippen molar-refractivity contribution in [3.63, 3.8) is 0 Å². The third-order valence-corrected chi connectivity index (χ3v) is 4.85. The molecule has 2 atom stereocenters. The summed E-state index contributed by atoms with van der Waals surface area (Å²) in [7, 11) is 0. The topological polar surface area (TPSA) is 15.3 Å². The maximum Gasteiger partial charge on any atom is 0.0244 e. The average molecular weight is 238 g/mol. The quantitative estimate of drug-likeness (QED) is 0.792. The number of rotatable bonds is 5. The Morgan fingerprint density at radius 2 is 2.06 bits per heavy atom. The Morgan fingerprint density at radius 3 is 2.59 bits per heavy atom. The van der Waals surface area contributed by atoms with Crippen LogP contribution in [0.4, 0.5) is 0 Å². The minimum absolute atomic E-state index is 0.728. The lowest BCUT2D eigenvalue weighted by atomic mass is 9.82. The molecule has 1 aliphatic heterocycles. The van der Waals surface area contributed by atoms with Gasteiger partial charge in [0.2, 0.25) is 0 Å². The first kappa shape index (κ1) is 13.4. The number of hydrogen-bond acceptors (Lipinski definition) is 2. The van der Waals surface area contributed by atoms with Crippen LogP contribution in [0.15, 0.2) is 0 Å². The molecular weight excluding hydrogens is 208 g/mol. The van der Waals surface area contributed by atoms with Gasteiger partial charge in [-0.25, -0.2) is 0 Å². The van der Waals surface area contributed by atoms with E-state index in [0.717, 1.165) is 23.9 Å². The second-order valence-electron chi connectivity index (χ2n) is 6.41. The van der Waals surface area contributed by atoms with Crippen LogP contribution in [0.1, 0.15) is 52.9 Å². The van der Waals surface area contributed by atoms with Gasteiger partial charge in [-0.2, -0.15) is 0 Å². The molecule has 100 valence electrons. The van der Waals surface area contributed by atoms with Gasteiger partial charge in [0.25, 0.3) is 0 Å². The smallest absolute Gasteiger partial charge is 0.0244 e. The molecule has 2 unspecified atom stereocenters. The van der Waals surface area contributed by atoms with E-state index in [4.69, 9.17) is 0 Å². The van der Waals surface area contributed by atoms with Crippen LogP contribution in [0.2, 0.25) is 0 Å². The zero-order valence-electron chi connectivity index (χ0n) is 11.9. The summed E-state index contributed by atoms with van der Waals surface area (Å²) < 4.78 is 0. The molecule has 0 amide bonds. The van der Waals surface area contributed by atoms with Gasteiger partial charge in [0.05, 0.1) is 0 Å². The molecule has 1 aliphatic carbocycles. The van der Waals surface area contributed by atoms with E-state index >= 15 is 0 Å². The van der Waals surface area contributed by atoms with E-state index in [2.05, 4.69) is 31.0 Å². The first-order chi connectivity index (χ1) is 8.20. The highest BCUT2D eigenvalue weighted by molar-refractivity contribution is 4.87. The Balaban J connectivity index is 1.83. The molecular formula is C15H30N2. The van der Waals surface area contributed by atoms with Crippen molar-refractivity contribution in [2.45, 2.75) is 65.0 Å². The number of piperazine rings is 1. The molecule has 0 aromatic heterocycles. The molecule has 2 heteroatoms. The van der Waals surface area contributed by atoms with Crippen LogP contribution >= 0.6 is 0 Å². The number of nitrogens with one attached hydrogen (secondary N) is 1. The molecule has 2 nitrogen and oxygen atoms in total. The molecule has 2 fully saturated rings. The van der Waals surface area contributed by atoms with Crippen molar-refractivity contribution >= 4 is 0 Å². The summed E-state index contributed by atoms with van der Waals surface area (Å²) in [6.45, 7) is 10.8. The average Bonchev–Trinajstić information content (AvgIpc) is 2.26. The fourth-order valence-corrected chi connectivity index (χ4v) is 3.22. The molecule has 0 spiro atoms. The van der Waals surface area contributed by atoms with Crippen LogP contribution in [-0.4, -0.2) is 36.6 Å². The first-order valence-corrected chi connectivity index (χ1v) is 7.68. The second-order valence-corrected chi connectivity index (χ2v) is 6.41. The molecule has 1 N–H and O–H groups in total. The molecule has 0 bridgehead atoms. The van der Waals surface area contributed by atoms with Crippen molar-refractivity contribution in [1.29, 1.82) is 0 Å². The third kappa shape index (κ3) is 3.45. The lowest BCUT2D eigenvalue weighted by Gasteiger charge is -2.43. The summed E-state index contributed by atoms with van der Waals surface area (Å²) >= 11 is 0. The molecule has 17 heavy (non-hydrogen) atoms. The summed E-state index contributed by atoms with van der Waals surface area (Å²) in [5.74, 6) is 1.83. The van der Waals surface area contributed by atoms with Crippen LogP contribution < -0.4 is 5.32 Å². The van der Waals surface area contributed by atoms with Crippen LogP contribution in [0.25, 0.3) is 0 Å². The van der Waals surface area contributed by atoms with Gasteiger partial charge in [-0.05, 0) is 31.2 Å². The van der Waals surface area contributed by atoms with Gasteiger partial charge < -0.3 is 5.32 Å². The summed E-state index contributed by atoms with van der Waals surface area (Å²) in [4.78, 5) is 2.77. The second kappa shape index (κ2) is 6.19. The molecule has 1 saturated heterocycles. The lowest BCUT2D eigenvalue weighted by Crippen LogP contribution is -2.58. The first-order valence-electron chi connectivity index (χ1n) is 7.68. The molecule has 2 rings (SSSR count). The van der Waals surface area contributed by atoms with Crippen molar-refractivity contribution in [2.24, 2.45) is 11.8 Å². The Hall–Kier alpha value is -0.0800. The molecule has 0 radical (unpaired) electrons. The molecule has 1 heterocycles. The molecule has 0 aromatic rings. The maximum atomic E-state index is 3.70. The Bertz CT molecular complexity index is 223. The van der Waals surface area contributed by atoms with Gasteiger partial charge in [0, 0.05) is 25.2 Å². The fourth-order valence-electron chi connectivity index (χ4n) is 3.22. The minimum Gasteiger partial charge on any atom is -0.311 e. The van der Waals surface area contributed by atoms with Crippen molar-refractivity contribution in [1.82, 2.24) is 10.2 Å². The zero-order valence-corrected chi connectivity index (χ0v) is 11.9. The molecule has 1 saturated carbocycles. The van der Waals surface area contributed by atoms with Gasteiger partial charge in [-0.3, -0.25) is 4.90 Å². The van der Waals surface area contributed by atoms with Gasteiger partial charge >= 0.3 is 0 Å². The zero-order chi connectivity index (χ0) is 12.3. The summed E-state index contributed by atoms with van der Waals surface area (Å²) in [6, 6.07) is 1.49. The standard InChI is InChI=1S/C15H30N2/c1-4-14-11-17(9-8-13-6-5-7-13)15(10-16-14)12(2)3/h12-16H,4-11H2,1-3H3. The predicted molar refractivity (Wildman–Crippen MR) is 74.2 cm³/mol. The largest absolute Gasteiger partial charge is 0.311 e. The molecule has 2 aliphatic rings. The van der Waals surface area contributed by atoms with E-state index < -0.39 is 0 Å². The number of hydrogen-bond donors (Lipinski definition) is 1. The van der Waals surface area contributed by atoms with E-state index in [9.17, 15) is 0 Å².